The quantitative estimate of drug-likeness (QED) is 0.706. The summed E-state index contributed by atoms with van der Waals surface area (Å²) in [5.41, 5.74) is 7.58. The van der Waals surface area contributed by atoms with Crippen molar-refractivity contribution in [1.29, 1.82) is 0 Å². The molecule has 2 aliphatic rings. The predicted octanol–water partition coefficient (Wildman–Crippen LogP) is 4.02. The SMILES string of the molecule is C=NCc1ccc2c(c1)C1CCCN(C(=O)c3cc4nc[nH]c4cc3C)C1C2. The second kappa shape index (κ2) is 6.59. The van der Waals surface area contributed by atoms with Crippen LogP contribution in [0.2, 0.25) is 0 Å². The molecule has 0 bridgehead atoms. The normalized spacial score (nSPS) is 20.8. The summed E-state index contributed by atoms with van der Waals surface area (Å²) in [6.07, 6.45) is 4.81. The number of imidazole rings is 1. The third-order valence-electron chi connectivity index (χ3n) is 6.37. The van der Waals surface area contributed by atoms with E-state index in [1.54, 1.807) is 6.33 Å². The van der Waals surface area contributed by atoms with E-state index in [1.807, 2.05) is 19.1 Å². The smallest absolute Gasteiger partial charge is 0.254 e. The van der Waals surface area contributed by atoms with Gasteiger partial charge >= 0.3 is 0 Å². The first-order chi connectivity index (χ1) is 13.7. The number of carbonyl (C=O) groups excluding carboxylic acids is 1. The van der Waals surface area contributed by atoms with Crippen molar-refractivity contribution in [2.24, 2.45) is 4.99 Å². The molecular formula is C23H24N4O. The van der Waals surface area contributed by atoms with Crippen molar-refractivity contribution in [3.8, 4) is 0 Å². The lowest BCUT2D eigenvalue weighted by atomic mass is 9.87. The molecule has 1 aliphatic heterocycles. The van der Waals surface area contributed by atoms with E-state index in [-0.39, 0.29) is 11.9 Å². The fourth-order valence-corrected chi connectivity index (χ4v) is 5.03. The fraction of sp³-hybridized carbons (Fsp3) is 0.348. The highest BCUT2D eigenvalue weighted by Crippen LogP contribution is 2.43. The van der Waals surface area contributed by atoms with Gasteiger partial charge < -0.3 is 9.88 Å². The van der Waals surface area contributed by atoms with Gasteiger partial charge in [0, 0.05) is 24.1 Å². The Hall–Kier alpha value is -2.95. The number of fused-ring (bicyclic) bond motifs is 4. The maximum atomic E-state index is 13.5. The number of carbonyl (C=O) groups is 1. The third-order valence-corrected chi connectivity index (χ3v) is 6.37. The average Bonchev–Trinajstić information content (AvgIpc) is 3.30. The lowest BCUT2D eigenvalue weighted by molar-refractivity contribution is 0.0594. The van der Waals surface area contributed by atoms with Gasteiger partial charge in [-0.2, -0.15) is 0 Å². The molecule has 1 fully saturated rings. The summed E-state index contributed by atoms with van der Waals surface area (Å²) in [5, 5.41) is 0. The van der Waals surface area contributed by atoms with Gasteiger partial charge in [-0.05, 0) is 67.3 Å². The first-order valence-corrected chi connectivity index (χ1v) is 9.94. The molecular weight excluding hydrogens is 348 g/mol. The largest absolute Gasteiger partial charge is 0.345 e. The summed E-state index contributed by atoms with van der Waals surface area (Å²) in [5.74, 6) is 0.560. The maximum absolute atomic E-state index is 13.5. The molecule has 0 radical (unpaired) electrons. The Morgan fingerprint density at radius 1 is 1.36 bits per heavy atom. The van der Waals surface area contributed by atoms with Gasteiger partial charge in [-0.25, -0.2) is 4.98 Å². The highest BCUT2D eigenvalue weighted by Gasteiger charge is 2.41. The molecule has 1 saturated heterocycles. The summed E-state index contributed by atoms with van der Waals surface area (Å²) in [4.78, 5) is 27.1. The molecule has 5 nitrogen and oxygen atoms in total. The lowest BCUT2D eigenvalue weighted by Gasteiger charge is -2.38. The number of nitrogens with one attached hydrogen (secondary N) is 1. The number of aromatic nitrogens is 2. The van der Waals surface area contributed by atoms with Crippen LogP contribution in [-0.2, 0) is 13.0 Å². The molecule has 5 rings (SSSR count). The highest BCUT2D eigenvalue weighted by molar-refractivity contribution is 5.99. The summed E-state index contributed by atoms with van der Waals surface area (Å²) in [7, 11) is 0. The number of aliphatic imine (C=N–C) groups is 1. The molecule has 28 heavy (non-hydrogen) atoms. The molecule has 0 spiro atoms. The fourth-order valence-electron chi connectivity index (χ4n) is 5.03. The number of benzene rings is 2. The van der Waals surface area contributed by atoms with Crippen LogP contribution in [0.5, 0.6) is 0 Å². The molecule has 2 aromatic carbocycles. The van der Waals surface area contributed by atoms with Crippen LogP contribution in [0, 0.1) is 6.92 Å². The van der Waals surface area contributed by atoms with Crippen molar-refractivity contribution < 1.29 is 4.79 Å². The summed E-state index contributed by atoms with van der Waals surface area (Å²) in [6, 6.07) is 10.9. The van der Waals surface area contributed by atoms with Crippen molar-refractivity contribution in [2.75, 3.05) is 6.54 Å². The first kappa shape index (κ1) is 17.2. The van der Waals surface area contributed by atoms with E-state index >= 15 is 0 Å². The van der Waals surface area contributed by atoms with Gasteiger partial charge in [0.15, 0.2) is 0 Å². The maximum Gasteiger partial charge on any atom is 0.254 e. The molecule has 2 unspecified atom stereocenters. The third kappa shape index (κ3) is 2.65. The molecule has 1 amide bonds. The van der Waals surface area contributed by atoms with Crippen molar-refractivity contribution in [3.63, 3.8) is 0 Å². The zero-order chi connectivity index (χ0) is 19.3. The molecule has 3 aromatic rings. The van der Waals surface area contributed by atoms with E-state index in [2.05, 4.69) is 44.8 Å². The Morgan fingerprint density at radius 2 is 2.25 bits per heavy atom. The van der Waals surface area contributed by atoms with Crippen LogP contribution in [0.1, 0.15) is 51.4 Å². The topological polar surface area (TPSA) is 61.4 Å². The number of aromatic amines is 1. The summed E-state index contributed by atoms with van der Waals surface area (Å²) < 4.78 is 0. The van der Waals surface area contributed by atoms with Crippen LogP contribution >= 0.6 is 0 Å². The second-order valence-corrected chi connectivity index (χ2v) is 8.02. The van der Waals surface area contributed by atoms with Crippen LogP contribution in [0.4, 0.5) is 0 Å². The number of hydrogen-bond donors (Lipinski definition) is 1. The van der Waals surface area contributed by atoms with Gasteiger partial charge in [0.25, 0.3) is 5.91 Å². The van der Waals surface area contributed by atoms with E-state index < -0.39 is 0 Å². The minimum absolute atomic E-state index is 0.137. The lowest BCUT2D eigenvalue weighted by Crippen LogP contribution is -2.46. The van der Waals surface area contributed by atoms with Crippen molar-refractivity contribution in [3.05, 3.63) is 64.5 Å². The van der Waals surface area contributed by atoms with E-state index in [0.717, 1.165) is 48.0 Å². The van der Waals surface area contributed by atoms with Gasteiger partial charge in [0.05, 0.1) is 23.9 Å². The number of nitrogens with zero attached hydrogens (tertiary/aromatic N) is 3. The highest BCUT2D eigenvalue weighted by atomic mass is 16.2. The van der Waals surface area contributed by atoms with E-state index in [1.165, 1.54) is 16.7 Å². The van der Waals surface area contributed by atoms with E-state index in [9.17, 15) is 4.79 Å². The van der Waals surface area contributed by atoms with Crippen LogP contribution in [-0.4, -0.2) is 40.1 Å². The zero-order valence-electron chi connectivity index (χ0n) is 16.1. The van der Waals surface area contributed by atoms with E-state index in [0.29, 0.717) is 12.5 Å². The number of piperidine rings is 1. The molecule has 142 valence electrons. The van der Waals surface area contributed by atoms with E-state index in [4.69, 9.17) is 0 Å². The van der Waals surface area contributed by atoms with Crippen LogP contribution in [0.25, 0.3) is 11.0 Å². The Bertz CT molecular complexity index is 1080. The van der Waals surface area contributed by atoms with Gasteiger partial charge in [-0.3, -0.25) is 9.79 Å². The first-order valence-electron chi connectivity index (χ1n) is 9.94. The minimum atomic E-state index is 0.137. The summed E-state index contributed by atoms with van der Waals surface area (Å²) in [6.45, 7) is 7.10. The molecule has 0 saturated carbocycles. The predicted molar refractivity (Wildman–Crippen MR) is 111 cm³/mol. The summed E-state index contributed by atoms with van der Waals surface area (Å²) >= 11 is 0. The minimum Gasteiger partial charge on any atom is -0.345 e. The molecule has 1 N–H and O–H groups in total. The van der Waals surface area contributed by atoms with Gasteiger partial charge in [-0.1, -0.05) is 18.2 Å². The number of likely N-dealkylation sites (tertiary alicyclic amines) is 1. The molecule has 1 aromatic heterocycles. The Morgan fingerprint density at radius 3 is 3.11 bits per heavy atom. The number of hydrogen-bond acceptors (Lipinski definition) is 3. The zero-order valence-corrected chi connectivity index (χ0v) is 16.1. The van der Waals surface area contributed by atoms with Gasteiger partial charge in [0.1, 0.15) is 0 Å². The molecule has 1 aliphatic carbocycles. The van der Waals surface area contributed by atoms with Crippen molar-refractivity contribution >= 4 is 23.7 Å². The Balaban J connectivity index is 1.48. The average molecular weight is 372 g/mol. The van der Waals surface area contributed by atoms with Crippen LogP contribution in [0.15, 0.2) is 41.7 Å². The number of H-pyrrole nitrogens is 1. The van der Waals surface area contributed by atoms with Gasteiger partial charge in [-0.15, -0.1) is 0 Å². The molecule has 2 atom stereocenters. The van der Waals surface area contributed by atoms with Crippen LogP contribution in [0.3, 0.4) is 0 Å². The van der Waals surface area contributed by atoms with Crippen LogP contribution < -0.4 is 0 Å². The Kier molecular flexibility index (Phi) is 4.04. The molecule has 5 heteroatoms. The number of aryl methyl sites for hydroxylation is 1. The number of amides is 1. The van der Waals surface area contributed by atoms with Crippen molar-refractivity contribution in [2.45, 2.75) is 44.7 Å². The van der Waals surface area contributed by atoms with Gasteiger partial charge in [0.2, 0.25) is 0 Å². The monoisotopic (exact) mass is 372 g/mol. The van der Waals surface area contributed by atoms with Crippen molar-refractivity contribution in [1.82, 2.24) is 14.9 Å². The number of rotatable bonds is 3. The Labute approximate surface area is 164 Å². The second-order valence-electron chi connectivity index (χ2n) is 8.02. The standard InChI is InChI=1S/C23H24N4O/c1-14-8-20-21(26-13-25-20)11-18(14)23(28)27-7-3-4-17-19-9-15(12-24-2)5-6-16(19)10-22(17)27/h5-6,8-9,11,13,17,22H,2-4,7,10,12H2,1H3,(H,25,26). The molecule has 2 heterocycles.